The van der Waals surface area contributed by atoms with Crippen LogP contribution >= 0.6 is 0 Å². The highest BCUT2D eigenvalue weighted by Gasteiger charge is 2.77. The van der Waals surface area contributed by atoms with E-state index in [-0.39, 0.29) is 17.6 Å². The molecule has 1 saturated heterocycles. The molecule has 2 saturated carbocycles. The Hall–Kier alpha value is -1.75. The van der Waals surface area contributed by atoms with E-state index in [0.29, 0.717) is 11.8 Å². The first kappa shape index (κ1) is 18.6. The minimum absolute atomic E-state index is 0.150. The molecule has 5 nitrogen and oxygen atoms in total. The van der Waals surface area contributed by atoms with Gasteiger partial charge in [0.25, 0.3) is 0 Å². The summed E-state index contributed by atoms with van der Waals surface area (Å²) >= 11 is 0. The molecule has 0 aromatic carbocycles. The van der Waals surface area contributed by atoms with E-state index in [0.717, 1.165) is 19.3 Å². The normalized spacial score (nSPS) is 48.9. The molecule has 3 fully saturated rings. The molecule has 1 heterocycles. The number of aliphatic hydroxyl groups is 1. The minimum Gasteiger partial charge on any atom is -0.394 e. The first-order chi connectivity index (χ1) is 12.8. The molecule has 0 aromatic rings. The van der Waals surface area contributed by atoms with Crippen molar-refractivity contribution < 1.29 is 19.5 Å². The first-order valence-electron chi connectivity index (χ1n) is 10.0. The van der Waals surface area contributed by atoms with Crippen molar-refractivity contribution in [1.82, 2.24) is 4.90 Å². The Morgan fingerprint density at radius 3 is 2.59 bits per heavy atom. The first-order valence-corrected chi connectivity index (χ1v) is 10.0. The number of likely N-dealkylation sites (N-methyl/N-ethyl adjacent to an activating group) is 1. The Morgan fingerprint density at radius 1 is 1.30 bits per heavy atom. The van der Waals surface area contributed by atoms with E-state index in [2.05, 4.69) is 25.7 Å². The number of hydrogen-bond donors (Lipinski definition) is 1. The second-order valence-electron chi connectivity index (χ2n) is 9.26. The van der Waals surface area contributed by atoms with Crippen molar-refractivity contribution in [3.05, 3.63) is 24.8 Å². The summed E-state index contributed by atoms with van der Waals surface area (Å²) < 4.78 is 0. The van der Waals surface area contributed by atoms with Crippen LogP contribution in [0.2, 0.25) is 0 Å². The maximum absolute atomic E-state index is 14.0. The molecule has 146 valence electrons. The molecule has 8 atom stereocenters. The number of likely N-dealkylation sites (tertiary alicyclic amines) is 1. The van der Waals surface area contributed by atoms with E-state index in [9.17, 15) is 19.5 Å². The van der Waals surface area contributed by atoms with Gasteiger partial charge in [-0.15, -0.1) is 6.58 Å². The number of amides is 1. The van der Waals surface area contributed by atoms with Gasteiger partial charge in [-0.25, -0.2) is 0 Å². The lowest BCUT2D eigenvalue weighted by atomic mass is 9.55. The number of aliphatic hydroxyl groups excluding tert-OH is 1. The number of rotatable bonds is 2. The molecule has 0 aromatic heterocycles. The second kappa shape index (κ2) is 5.87. The van der Waals surface area contributed by atoms with Gasteiger partial charge in [0.15, 0.2) is 17.0 Å². The van der Waals surface area contributed by atoms with Crippen molar-refractivity contribution in [2.45, 2.75) is 39.2 Å². The third kappa shape index (κ3) is 1.96. The predicted octanol–water partition coefficient (Wildman–Crippen LogP) is 2.00. The molecular weight excluding hydrogens is 342 g/mol. The SMILES string of the molecule is C=C[C@H]1[C@@H]2C=C[C@@H]3C[C@H](C)CC[C@H]3[C@]2(C)C(=O)[C@@]12C(=O)[C@H](CO)N(C)C2=O. The molecule has 0 bridgehead atoms. The van der Waals surface area contributed by atoms with Crippen LogP contribution in [0.4, 0.5) is 0 Å². The van der Waals surface area contributed by atoms with Gasteiger partial charge in [-0.2, -0.15) is 0 Å². The van der Waals surface area contributed by atoms with Crippen LogP contribution < -0.4 is 0 Å². The lowest BCUT2D eigenvalue weighted by Crippen LogP contribution is -2.50. The van der Waals surface area contributed by atoms with Gasteiger partial charge in [0.2, 0.25) is 5.91 Å². The smallest absolute Gasteiger partial charge is 0.245 e. The largest absolute Gasteiger partial charge is 0.394 e. The van der Waals surface area contributed by atoms with Crippen LogP contribution in [0, 0.1) is 40.4 Å². The highest BCUT2D eigenvalue weighted by molar-refractivity contribution is 6.31. The predicted molar refractivity (Wildman–Crippen MR) is 101 cm³/mol. The monoisotopic (exact) mass is 371 g/mol. The summed E-state index contributed by atoms with van der Waals surface area (Å²) in [6.45, 7) is 7.66. The average Bonchev–Trinajstić information content (AvgIpc) is 2.97. The van der Waals surface area contributed by atoms with Crippen LogP contribution in [0.1, 0.15) is 33.1 Å². The van der Waals surface area contributed by atoms with Gasteiger partial charge in [0, 0.05) is 18.4 Å². The van der Waals surface area contributed by atoms with Gasteiger partial charge < -0.3 is 10.0 Å². The number of carbonyl (C=O) groups is 3. The fourth-order valence-corrected chi connectivity index (χ4v) is 6.76. The van der Waals surface area contributed by atoms with Crippen LogP contribution in [-0.4, -0.2) is 47.2 Å². The molecule has 4 rings (SSSR count). The number of ketones is 2. The highest BCUT2D eigenvalue weighted by Crippen LogP contribution is 2.65. The molecule has 1 amide bonds. The van der Waals surface area contributed by atoms with Crippen molar-refractivity contribution in [3.8, 4) is 0 Å². The summed E-state index contributed by atoms with van der Waals surface area (Å²) in [5, 5.41) is 9.69. The standard InChI is InChI=1S/C22H29NO4/c1-5-14-16-9-7-13-10-12(2)6-8-15(13)21(16,3)19(26)22(14)18(25)17(11-24)23(4)20(22)27/h5,7,9,12-17,24H,1,6,8,10-11H2,2-4H3/t12-,13-,14+,15-,16+,17+,21+,22+/m1/s1. The molecule has 4 aliphatic rings. The number of Topliss-reactive ketones (excluding diaryl/α,β-unsaturated/α-hetero) is 2. The lowest BCUT2D eigenvalue weighted by Gasteiger charge is -2.48. The summed E-state index contributed by atoms with van der Waals surface area (Å²) in [5.74, 6) is -0.813. The number of hydrogen-bond acceptors (Lipinski definition) is 4. The van der Waals surface area contributed by atoms with Crippen LogP contribution in [-0.2, 0) is 14.4 Å². The van der Waals surface area contributed by atoms with Gasteiger partial charge in [0.05, 0.1) is 6.61 Å². The Bertz CT molecular complexity index is 757. The van der Waals surface area contributed by atoms with Crippen LogP contribution in [0.5, 0.6) is 0 Å². The average molecular weight is 371 g/mol. The van der Waals surface area contributed by atoms with Gasteiger partial charge in [-0.05, 0) is 36.5 Å². The summed E-state index contributed by atoms with van der Waals surface area (Å²) in [5.41, 5.74) is -2.46. The van der Waals surface area contributed by atoms with Crippen LogP contribution in [0.25, 0.3) is 0 Å². The molecule has 0 radical (unpaired) electrons. The molecule has 1 N–H and O–H groups in total. The summed E-state index contributed by atoms with van der Waals surface area (Å²) in [6.07, 6.45) is 8.97. The molecule has 27 heavy (non-hydrogen) atoms. The Balaban J connectivity index is 1.88. The molecule has 5 heteroatoms. The number of carbonyl (C=O) groups excluding carboxylic acids is 3. The Morgan fingerprint density at radius 2 is 2.00 bits per heavy atom. The van der Waals surface area contributed by atoms with Crippen LogP contribution in [0.3, 0.4) is 0 Å². The zero-order valence-electron chi connectivity index (χ0n) is 16.4. The number of allylic oxidation sites excluding steroid dienone is 3. The number of fused-ring (bicyclic) bond motifs is 3. The van der Waals surface area contributed by atoms with E-state index >= 15 is 0 Å². The van der Waals surface area contributed by atoms with Crippen LogP contribution in [0.15, 0.2) is 24.8 Å². The third-order valence-corrected chi connectivity index (χ3v) is 8.17. The topological polar surface area (TPSA) is 74.7 Å². The summed E-state index contributed by atoms with van der Waals surface area (Å²) in [6, 6.07) is -0.946. The van der Waals surface area contributed by atoms with Gasteiger partial charge in [0.1, 0.15) is 6.04 Å². The van der Waals surface area contributed by atoms with E-state index in [4.69, 9.17) is 0 Å². The van der Waals surface area contributed by atoms with Gasteiger partial charge in [-0.3, -0.25) is 14.4 Å². The minimum atomic E-state index is -1.72. The molecule has 3 aliphatic carbocycles. The van der Waals surface area contributed by atoms with Gasteiger partial charge in [-0.1, -0.05) is 38.5 Å². The zero-order chi connectivity index (χ0) is 19.7. The molecule has 1 spiro atoms. The molecular formula is C22H29NO4. The summed E-state index contributed by atoms with van der Waals surface area (Å²) in [4.78, 5) is 41.9. The lowest BCUT2D eigenvalue weighted by molar-refractivity contribution is -0.150. The summed E-state index contributed by atoms with van der Waals surface area (Å²) in [7, 11) is 1.51. The van der Waals surface area contributed by atoms with Crippen molar-refractivity contribution in [1.29, 1.82) is 0 Å². The van der Waals surface area contributed by atoms with Crippen molar-refractivity contribution in [3.63, 3.8) is 0 Å². The molecule has 1 aliphatic heterocycles. The fourth-order valence-electron chi connectivity index (χ4n) is 6.76. The van der Waals surface area contributed by atoms with Crippen molar-refractivity contribution >= 4 is 17.5 Å². The fraction of sp³-hybridized carbons (Fsp3) is 0.682. The molecule has 0 unspecified atom stereocenters. The maximum atomic E-state index is 14.0. The quantitative estimate of drug-likeness (QED) is 0.595. The Labute approximate surface area is 160 Å². The van der Waals surface area contributed by atoms with Crippen molar-refractivity contribution in [2.24, 2.45) is 40.4 Å². The highest BCUT2D eigenvalue weighted by atomic mass is 16.3. The second-order valence-corrected chi connectivity index (χ2v) is 9.26. The third-order valence-electron chi connectivity index (χ3n) is 8.17. The van der Waals surface area contributed by atoms with E-state index in [1.807, 2.05) is 6.92 Å². The van der Waals surface area contributed by atoms with Crippen molar-refractivity contribution in [2.75, 3.05) is 13.7 Å². The van der Waals surface area contributed by atoms with Gasteiger partial charge >= 0.3 is 0 Å². The Kier molecular flexibility index (Phi) is 4.05. The zero-order valence-corrected chi connectivity index (χ0v) is 16.4. The maximum Gasteiger partial charge on any atom is 0.245 e. The van der Waals surface area contributed by atoms with E-state index < -0.39 is 41.1 Å². The van der Waals surface area contributed by atoms with E-state index in [1.54, 1.807) is 6.08 Å². The van der Waals surface area contributed by atoms with E-state index in [1.165, 1.54) is 11.9 Å². The number of nitrogens with zero attached hydrogens (tertiary/aromatic N) is 1.